The lowest BCUT2D eigenvalue weighted by Gasteiger charge is -2.37. The van der Waals surface area contributed by atoms with Gasteiger partial charge in [-0.25, -0.2) is 0 Å². The summed E-state index contributed by atoms with van der Waals surface area (Å²) in [6, 6.07) is 14.4. The van der Waals surface area contributed by atoms with Gasteiger partial charge in [-0.2, -0.15) is 0 Å². The summed E-state index contributed by atoms with van der Waals surface area (Å²) in [5.41, 5.74) is 3.16. The van der Waals surface area contributed by atoms with Gasteiger partial charge in [0, 0.05) is 28.1 Å². The van der Waals surface area contributed by atoms with Gasteiger partial charge in [0.05, 0.1) is 46.0 Å². The number of benzene rings is 2. The Morgan fingerprint density at radius 1 is 1.15 bits per heavy atom. The zero-order valence-electron chi connectivity index (χ0n) is 29.0. The Kier molecular flexibility index (Phi) is 11.1. The number of likely N-dealkylation sites (tertiary alicyclic amines) is 1. The van der Waals surface area contributed by atoms with Gasteiger partial charge in [0.25, 0.3) is 5.91 Å². The number of aliphatic hydroxyl groups is 1. The van der Waals surface area contributed by atoms with Crippen molar-refractivity contribution in [3.05, 3.63) is 74.9 Å². The number of hydrogen-bond acceptors (Lipinski definition) is 5. The maximum absolute atomic E-state index is 14.9. The molecule has 7 nitrogen and oxygen atoms in total. The minimum absolute atomic E-state index is 0.000391. The molecule has 0 radical (unpaired) electrons. The fraction of sp³-hybridized carbons (Fsp3) is 0.526. The molecule has 2 saturated heterocycles. The zero-order valence-corrected chi connectivity index (χ0v) is 32.2. The topological polar surface area (TPSA) is 79.3 Å². The van der Waals surface area contributed by atoms with Gasteiger partial charge >= 0.3 is 0 Å². The molecule has 9 heteroatoms. The first-order chi connectivity index (χ1) is 22.3. The third-order valence-corrected chi connectivity index (χ3v) is 15.8. The minimum Gasteiger partial charge on any atom is -0.497 e. The Morgan fingerprint density at radius 2 is 1.87 bits per heavy atom. The lowest BCUT2D eigenvalue weighted by Crippen LogP contribution is -2.52. The monoisotopic (exact) mass is 770 g/mol. The number of halogens is 1. The maximum atomic E-state index is 14.9. The summed E-state index contributed by atoms with van der Waals surface area (Å²) in [5, 5.41) is 11.2. The third kappa shape index (κ3) is 6.87. The first kappa shape index (κ1) is 35.8. The SMILES string of the molecule is COc1ccc([Si](C)(C)[C@@H]2[C@@H](CC(=O)N3CCC[C@H]3CO)O[C@]3(C(=O)N(C/C=C(\C)CCC=C(C)C)c4ccc(I)cc43)[C@H]2C)cc1. The Morgan fingerprint density at radius 3 is 2.53 bits per heavy atom. The van der Waals surface area contributed by atoms with Crippen molar-refractivity contribution >= 4 is 53.4 Å². The van der Waals surface area contributed by atoms with Crippen molar-refractivity contribution < 1.29 is 24.2 Å². The van der Waals surface area contributed by atoms with Crippen molar-refractivity contribution in [3.8, 4) is 5.75 Å². The normalized spacial score (nSPS) is 25.9. The first-order valence-corrected chi connectivity index (χ1v) is 21.1. The molecule has 0 aliphatic carbocycles. The van der Waals surface area contributed by atoms with E-state index in [0.29, 0.717) is 13.1 Å². The number of allylic oxidation sites excluding steroid dienone is 3. The molecule has 2 aromatic rings. The lowest BCUT2D eigenvalue weighted by atomic mass is 9.82. The molecule has 254 valence electrons. The summed E-state index contributed by atoms with van der Waals surface area (Å²) in [7, 11) is -0.701. The van der Waals surface area contributed by atoms with Crippen LogP contribution in [-0.4, -0.2) is 68.8 Å². The number of nitrogens with zero attached hydrogens (tertiary/aromatic N) is 2. The van der Waals surface area contributed by atoms with Crippen LogP contribution in [0.15, 0.2) is 65.8 Å². The smallest absolute Gasteiger partial charge is 0.264 e. The van der Waals surface area contributed by atoms with Crippen LogP contribution >= 0.6 is 22.6 Å². The Labute approximate surface area is 295 Å². The number of methoxy groups -OCH3 is 1. The van der Waals surface area contributed by atoms with E-state index in [1.54, 1.807) is 7.11 Å². The molecule has 0 bridgehead atoms. The number of carbonyl (C=O) groups is 2. The van der Waals surface area contributed by atoms with Crippen molar-refractivity contribution in [1.29, 1.82) is 0 Å². The molecule has 5 rings (SSSR count). The molecular weight excluding hydrogens is 719 g/mol. The highest BCUT2D eigenvalue weighted by atomic mass is 127. The van der Waals surface area contributed by atoms with Crippen molar-refractivity contribution in [2.45, 2.75) is 96.2 Å². The fourth-order valence-electron chi connectivity index (χ4n) is 8.25. The van der Waals surface area contributed by atoms with Crippen molar-refractivity contribution in [2.75, 3.05) is 31.7 Å². The predicted molar refractivity (Wildman–Crippen MR) is 200 cm³/mol. The van der Waals surface area contributed by atoms with Gasteiger partial charge in [0.1, 0.15) is 5.75 Å². The predicted octanol–water partition coefficient (Wildman–Crippen LogP) is 6.93. The minimum atomic E-state index is -2.37. The average Bonchev–Trinajstić information content (AvgIpc) is 3.70. The van der Waals surface area contributed by atoms with Crippen LogP contribution in [-0.2, 0) is 19.9 Å². The quantitative estimate of drug-likeness (QED) is 0.153. The molecule has 5 atom stereocenters. The third-order valence-electron chi connectivity index (χ3n) is 10.8. The number of anilines is 1. The second-order valence-corrected chi connectivity index (χ2v) is 20.3. The van der Waals surface area contributed by atoms with Crippen LogP contribution in [0, 0.1) is 9.49 Å². The van der Waals surface area contributed by atoms with Gasteiger partial charge < -0.3 is 24.4 Å². The molecule has 3 heterocycles. The summed E-state index contributed by atoms with van der Waals surface area (Å²) >= 11 is 2.32. The van der Waals surface area contributed by atoms with Gasteiger partial charge in [0.2, 0.25) is 5.91 Å². The van der Waals surface area contributed by atoms with E-state index < -0.39 is 19.8 Å². The van der Waals surface area contributed by atoms with Crippen LogP contribution in [0.1, 0.15) is 65.4 Å². The standard InChI is InChI=1S/C38H51IN2O5Si/c1-25(2)10-8-11-26(3)19-21-41-33-18-13-28(39)22-32(33)38(37(41)44)27(4)36(47(6,7)31-16-14-30(45-5)15-17-31)34(46-38)23-35(43)40-20-9-12-29(40)24-42/h10,13-19,22,27,29,34,36,42H,8-9,11-12,20-21,23-24H2,1-7H3/b26-19+/t27-,29-,34+,36-,38+/m0/s1. The maximum Gasteiger partial charge on any atom is 0.264 e. The van der Waals surface area contributed by atoms with E-state index in [2.05, 4.69) is 106 Å². The van der Waals surface area contributed by atoms with E-state index >= 15 is 0 Å². The van der Waals surface area contributed by atoms with Gasteiger partial charge in [-0.3, -0.25) is 9.59 Å². The number of carbonyl (C=O) groups excluding carboxylic acids is 2. The van der Waals surface area contributed by atoms with E-state index in [9.17, 15) is 14.7 Å². The molecule has 3 aliphatic heterocycles. The van der Waals surface area contributed by atoms with Gasteiger partial charge in [-0.1, -0.05) is 60.6 Å². The van der Waals surface area contributed by atoms with Gasteiger partial charge in [-0.05, 0) is 105 Å². The molecule has 0 aromatic heterocycles. The second-order valence-electron chi connectivity index (χ2n) is 14.4. The summed E-state index contributed by atoms with van der Waals surface area (Å²) in [5.74, 6) is 0.592. The molecule has 2 amide bonds. The Balaban J connectivity index is 1.55. The fourth-order valence-corrected chi connectivity index (χ4v) is 12.7. The lowest BCUT2D eigenvalue weighted by molar-refractivity contribution is -0.149. The van der Waals surface area contributed by atoms with E-state index in [0.717, 1.165) is 46.3 Å². The average molecular weight is 771 g/mol. The molecule has 47 heavy (non-hydrogen) atoms. The summed E-state index contributed by atoms with van der Waals surface area (Å²) < 4.78 is 13.7. The van der Waals surface area contributed by atoms with Crippen molar-refractivity contribution in [3.63, 3.8) is 0 Å². The van der Waals surface area contributed by atoms with E-state index in [1.807, 2.05) is 21.9 Å². The summed E-state index contributed by atoms with van der Waals surface area (Å²) in [6.45, 7) is 14.3. The van der Waals surface area contributed by atoms with Crippen LogP contribution in [0.4, 0.5) is 5.69 Å². The van der Waals surface area contributed by atoms with Crippen molar-refractivity contribution in [2.24, 2.45) is 5.92 Å². The van der Waals surface area contributed by atoms with E-state index in [-0.39, 0.29) is 42.3 Å². The highest BCUT2D eigenvalue weighted by Crippen LogP contribution is 2.60. The number of rotatable bonds is 11. The van der Waals surface area contributed by atoms with Crippen LogP contribution in [0.2, 0.25) is 18.6 Å². The van der Waals surface area contributed by atoms with Crippen molar-refractivity contribution in [1.82, 2.24) is 4.90 Å². The van der Waals surface area contributed by atoms with Crippen LogP contribution < -0.4 is 14.8 Å². The molecule has 3 aliphatic rings. The van der Waals surface area contributed by atoms with E-state index in [4.69, 9.17) is 9.47 Å². The Hall–Kier alpha value is -2.47. The number of hydrogen-bond donors (Lipinski definition) is 1. The number of ether oxygens (including phenoxy) is 2. The second kappa shape index (κ2) is 14.6. The molecule has 2 fully saturated rings. The van der Waals surface area contributed by atoms with Crippen LogP contribution in [0.5, 0.6) is 5.75 Å². The molecule has 2 aromatic carbocycles. The highest BCUT2D eigenvalue weighted by molar-refractivity contribution is 14.1. The zero-order chi connectivity index (χ0) is 34.1. The molecule has 0 unspecified atom stereocenters. The Bertz CT molecular complexity index is 1530. The largest absolute Gasteiger partial charge is 0.497 e. The molecule has 1 spiro atoms. The van der Waals surface area contributed by atoms with Crippen LogP contribution in [0.25, 0.3) is 0 Å². The number of aliphatic hydroxyl groups excluding tert-OH is 1. The first-order valence-electron chi connectivity index (χ1n) is 17.0. The molecular formula is C38H51IN2O5Si. The molecule has 0 saturated carbocycles. The van der Waals surface area contributed by atoms with Gasteiger partial charge in [0.15, 0.2) is 5.60 Å². The number of amides is 2. The summed E-state index contributed by atoms with van der Waals surface area (Å²) in [6.07, 6.45) is 7.79. The van der Waals surface area contributed by atoms with E-state index in [1.165, 1.54) is 16.3 Å². The number of fused-ring (bicyclic) bond motifs is 2. The van der Waals surface area contributed by atoms with Crippen LogP contribution in [0.3, 0.4) is 0 Å². The highest BCUT2D eigenvalue weighted by Gasteiger charge is 2.66. The molecule has 1 N–H and O–H groups in total. The van der Waals surface area contributed by atoms with Gasteiger partial charge in [-0.15, -0.1) is 0 Å². The summed E-state index contributed by atoms with van der Waals surface area (Å²) in [4.78, 5) is 32.6.